The van der Waals surface area contributed by atoms with Crippen LogP contribution in [0.5, 0.6) is 5.75 Å². The van der Waals surface area contributed by atoms with E-state index >= 15 is 0 Å². The molecule has 1 radical (unpaired) electrons. The van der Waals surface area contributed by atoms with Crippen LogP contribution in [0.4, 0.5) is 0 Å². The maximum atomic E-state index is 5.55. The van der Waals surface area contributed by atoms with Crippen LogP contribution in [0.2, 0.25) is 0 Å². The van der Waals surface area contributed by atoms with Crippen LogP contribution in [-0.2, 0) is 0 Å². The molecule has 0 saturated heterocycles. The molecule has 0 fully saturated rings. The van der Waals surface area contributed by atoms with Gasteiger partial charge < -0.3 is 4.74 Å². The Bertz CT molecular complexity index is 424. The molecule has 79 valence electrons. The van der Waals surface area contributed by atoms with Gasteiger partial charge in [0.05, 0.1) is 18.2 Å². The van der Waals surface area contributed by atoms with Gasteiger partial charge in [-0.15, -0.1) is 5.10 Å². The summed E-state index contributed by atoms with van der Waals surface area (Å²) >= 11 is 0. The zero-order chi connectivity index (χ0) is 10.5. The van der Waals surface area contributed by atoms with E-state index in [1.165, 1.54) is 12.8 Å². The quantitative estimate of drug-likeness (QED) is 0.760. The highest BCUT2D eigenvalue weighted by Gasteiger charge is 2.00. The Morgan fingerprint density at radius 2 is 2.33 bits per heavy atom. The number of unbranched alkanes of at least 4 members (excludes halogenated alkanes) is 2. The van der Waals surface area contributed by atoms with Gasteiger partial charge in [-0.3, -0.25) is 5.10 Å². The van der Waals surface area contributed by atoms with Crippen molar-refractivity contribution >= 4 is 11.0 Å². The van der Waals surface area contributed by atoms with Crippen molar-refractivity contribution in [3.63, 3.8) is 0 Å². The average molecular weight is 204 g/mol. The van der Waals surface area contributed by atoms with E-state index in [1.54, 1.807) is 0 Å². The molecule has 15 heavy (non-hydrogen) atoms. The first-order chi connectivity index (χ1) is 7.40. The second kappa shape index (κ2) is 4.77. The number of nitrogens with zero attached hydrogens (tertiary/aromatic N) is 2. The van der Waals surface area contributed by atoms with E-state index in [4.69, 9.17) is 4.74 Å². The topological polar surface area (TPSA) is 50.8 Å². The second-order valence-electron chi connectivity index (χ2n) is 3.45. The van der Waals surface area contributed by atoms with E-state index < -0.39 is 0 Å². The highest BCUT2D eigenvalue weighted by Crippen LogP contribution is 2.16. The summed E-state index contributed by atoms with van der Waals surface area (Å²) in [5.41, 5.74) is 1.61. The lowest BCUT2D eigenvalue weighted by atomic mass is 10.2. The summed E-state index contributed by atoms with van der Waals surface area (Å²) in [6, 6.07) is 6.84. The first kappa shape index (κ1) is 9.96. The number of benzene rings is 1. The minimum absolute atomic E-state index is 0.725. The van der Waals surface area contributed by atoms with Crippen molar-refractivity contribution in [1.82, 2.24) is 15.4 Å². The Kier molecular flexibility index (Phi) is 3.17. The lowest BCUT2D eigenvalue weighted by molar-refractivity contribution is 0.306. The summed E-state index contributed by atoms with van der Waals surface area (Å²) in [6.45, 7) is 2.92. The van der Waals surface area contributed by atoms with Crippen LogP contribution in [0.1, 0.15) is 26.2 Å². The third-order valence-electron chi connectivity index (χ3n) is 2.22. The first-order valence-electron chi connectivity index (χ1n) is 5.26. The first-order valence-corrected chi connectivity index (χ1v) is 5.26. The zero-order valence-electron chi connectivity index (χ0n) is 8.79. The lowest BCUT2D eigenvalue weighted by Gasteiger charge is -2.04. The van der Waals surface area contributed by atoms with Gasteiger partial charge in [-0.05, 0) is 18.6 Å². The molecule has 0 spiro atoms. The molecule has 1 N–H and O–H groups in total. The Morgan fingerprint density at radius 1 is 1.40 bits per heavy atom. The molecule has 0 amide bonds. The van der Waals surface area contributed by atoms with Gasteiger partial charge in [-0.2, -0.15) is 0 Å². The molecule has 0 saturated carbocycles. The Labute approximate surface area is 88.6 Å². The molecule has 4 nitrogen and oxygen atoms in total. The molecule has 1 aromatic carbocycles. The van der Waals surface area contributed by atoms with E-state index in [0.717, 1.165) is 29.8 Å². The summed E-state index contributed by atoms with van der Waals surface area (Å²) in [5, 5.41) is 10.3. The molecule has 0 aliphatic carbocycles. The number of fused-ring (bicyclic) bond motifs is 1. The maximum Gasteiger partial charge on any atom is 0.129 e. The molecule has 0 aliphatic rings. The molecule has 2 rings (SSSR count). The monoisotopic (exact) mass is 204 g/mol. The second-order valence-corrected chi connectivity index (χ2v) is 3.45. The fourth-order valence-corrected chi connectivity index (χ4v) is 1.38. The van der Waals surface area contributed by atoms with Crippen molar-refractivity contribution < 1.29 is 4.74 Å². The number of hydrogen-bond acceptors (Lipinski definition) is 3. The van der Waals surface area contributed by atoms with Gasteiger partial charge in [-0.1, -0.05) is 25.0 Å². The summed E-state index contributed by atoms with van der Waals surface area (Å²) in [5.74, 6) is 0.743. The third-order valence-corrected chi connectivity index (χ3v) is 2.22. The predicted octanol–water partition coefficient (Wildman–Crippen LogP) is 2.33. The molecule has 1 heterocycles. The van der Waals surface area contributed by atoms with E-state index in [9.17, 15) is 0 Å². The molecular weight excluding hydrogens is 190 g/mol. The van der Waals surface area contributed by atoms with Crippen LogP contribution >= 0.6 is 0 Å². The Hall–Kier alpha value is -1.58. The van der Waals surface area contributed by atoms with Crippen molar-refractivity contribution in [3.8, 4) is 5.75 Å². The van der Waals surface area contributed by atoms with Crippen molar-refractivity contribution in [2.24, 2.45) is 0 Å². The SMILES string of the molecule is CCCCCOc1[c]c2nn[nH]c2cc1. The molecule has 0 aliphatic heterocycles. The Balaban J connectivity index is 1.96. The number of nitrogens with one attached hydrogen (secondary N) is 1. The van der Waals surface area contributed by atoms with Gasteiger partial charge in [0.25, 0.3) is 0 Å². The number of aromatic nitrogens is 3. The molecule has 2 aromatic rings. The minimum Gasteiger partial charge on any atom is -0.493 e. The highest BCUT2D eigenvalue weighted by molar-refractivity contribution is 5.74. The van der Waals surface area contributed by atoms with E-state index in [1.807, 2.05) is 12.1 Å². The summed E-state index contributed by atoms with van der Waals surface area (Å²) < 4.78 is 5.55. The van der Waals surface area contributed by atoms with Crippen LogP contribution in [0.3, 0.4) is 0 Å². The largest absolute Gasteiger partial charge is 0.493 e. The fourth-order valence-electron chi connectivity index (χ4n) is 1.38. The van der Waals surface area contributed by atoms with Gasteiger partial charge in [0.2, 0.25) is 0 Å². The maximum absolute atomic E-state index is 5.55. The van der Waals surface area contributed by atoms with Crippen LogP contribution in [0.15, 0.2) is 12.1 Å². The fraction of sp³-hybridized carbons (Fsp3) is 0.455. The van der Waals surface area contributed by atoms with E-state index in [-0.39, 0.29) is 0 Å². The molecule has 4 heteroatoms. The summed E-state index contributed by atoms with van der Waals surface area (Å²) in [7, 11) is 0. The van der Waals surface area contributed by atoms with Crippen molar-refractivity contribution in [2.75, 3.05) is 6.61 Å². The molecule has 0 bridgehead atoms. The molecule has 0 atom stereocenters. The highest BCUT2D eigenvalue weighted by atomic mass is 16.5. The molecular formula is C11H14N3O. The zero-order valence-corrected chi connectivity index (χ0v) is 8.79. The van der Waals surface area contributed by atoms with E-state index in [2.05, 4.69) is 28.4 Å². The number of H-pyrrole nitrogens is 1. The van der Waals surface area contributed by atoms with Gasteiger partial charge in [0.1, 0.15) is 11.3 Å². The summed E-state index contributed by atoms with van der Waals surface area (Å²) in [6.07, 6.45) is 3.49. The van der Waals surface area contributed by atoms with Gasteiger partial charge >= 0.3 is 0 Å². The molecule has 1 aromatic heterocycles. The van der Waals surface area contributed by atoms with Crippen LogP contribution in [-0.4, -0.2) is 22.0 Å². The van der Waals surface area contributed by atoms with Crippen LogP contribution in [0.25, 0.3) is 11.0 Å². The van der Waals surface area contributed by atoms with Crippen molar-refractivity contribution in [1.29, 1.82) is 0 Å². The van der Waals surface area contributed by atoms with Crippen LogP contribution < -0.4 is 4.74 Å². The van der Waals surface area contributed by atoms with Gasteiger partial charge in [0.15, 0.2) is 0 Å². The standard InChI is InChI=1S/C11H14N3O/c1-2-3-4-7-15-9-5-6-10-11(8-9)13-14-12-10/h5-6H,2-4,7H2,1H3,(H,12,13,14). The lowest BCUT2D eigenvalue weighted by Crippen LogP contribution is -1.96. The van der Waals surface area contributed by atoms with Gasteiger partial charge in [0, 0.05) is 0 Å². The number of aromatic amines is 1. The van der Waals surface area contributed by atoms with Gasteiger partial charge in [-0.25, -0.2) is 0 Å². The number of rotatable bonds is 5. The smallest absolute Gasteiger partial charge is 0.129 e. The van der Waals surface area contributed by atoms with E-state index in [0.29, 0.717) is 0 Å². The third kappa shape index (κ3) is 2.46. The number of hydrogen-bond donors (Lipinski definition) is 1. The number of ether oxygens (including phenoxy) is 1. The van der Waals surface area contributed by atoms with Crippen molar-refractivity contribution in [2.45, 2.75) is 26.2 Å². The Morgan fingerprint density at radius 3 is 3.20 bits per heavy atom. The minimum atomic E-state index is 0.725. The average Bonchev–Trinajstić information content (AvgIpc) is 2.71. The van der Waals surface area contributed by atoms with Crippen molar-refractivity contribution in [3.05, 3.63) is 18.2 Å². The summed E-state index contributed by atoms with van der Waals surface area (Å²) in [4.78, 5) is 0. The predicted molar refractivity (Wildman–Crippen MR) is 57.7 cm³/mol. The van der Waals surface area contributed by atoms with Crippen LogP contribution in [0, 0.1) is 6.07 Å². The molecule has 0 unspecified atom stereocenters. The normalized spacial score (nSPS) is 10.7.